The largest absolute Gasteiger partial charge is 0.362 e. The number of hydrogen-bond donors (Lipinski definition) is 0. The molecule has 1 aliphatic heterocycles. The van der Waals surface area contributed by atoms with Gasteiger partial charge in [-0.05, 0) is 31.2 Å². The van der Waals surface area contributed by atoms with Crippen molar-refractivity contribution in [1.82, 2.24) is 4.90 Å². The molecule has 8 heteroatoms. The van der Waals surface area contributed by atoms with Crippen molar-refractivity contribution in [2.45, 2.75) is 6.92 Å². The number of amides is 1. The van der Waals surface area contributed by atoms with Crippen LogP contribution in [0.25, 0.3) is 0 Å². The highest BCUT2D eigenvalue weighted by Gasteiger charge is 2.26. The lowest BCUT2D eigenvalue weighted by molar-refractivity contribution is -0.384. The van der Waals surface area contributed by atoms with E-state index in [1.165, 1.54) is 17.4 Å². The van der Waals surface area contributed by atoms with Crippen LogP contribution in [0, 0.1) is 17.0 Å². The molecule has 2 aromatic rings. The standard InChI is InChI=1S/C16H16ClN3O3S/c1-11-2-5-15(24-11)16(21)19-8-6-18(7-9-19)13-4-3-12(17)10-14(13)20(22)23/h2-5,10H,6-9H2,1H3. The molecule has 6 nitrogen and oxygen atoms in total. The predicted octanol–water partition coefficient (Wildman–Crippen LogP) is 3.58. The van der Waals surface area contributed by atoms with Crippen molar-refractivity contribution in [2.75, 3.05) is 31.1 Å². The molecular formula is C16H16ClN3O3S. The molecule has 0 spiro atoms. The number of nitro benzene ring substituents is 1. The number of piperazine rings is 1. The molecule has 1 amide bonds. The number of carbonyl (C=O) groups excluding carboxylic acids is 1. The maximum Gasteiger partial charge on any atom is 0.294 e. The normalized spacial score (nSPS) is 14.8. The monoisotopic (exact) mass is 365 g/mol. The van der Waals surface area contributed by atoms with Crippen molar-refractivity contribution < 1.29 is 9.72 Å². The van der Waals surface area contributed by atoms with Crippen molar-refractivity contribution in [2.24, 2.45) is 0 Å². The maximum atomic E-state index is 12.5. The van der Waals surface area contributed by atoms with Gasteiger partial charge in [0, 0.05) is 42.1 Å². The van der Waals surface area contributed by atoms with E-state index in [1.807, 2.05) is 24.0 Å². The third-order valence-corrected chi connectivity index (χ3v) is 5.22. The Balaban J connectivity index is 1.71. The number of aryl methyl sites for hydroxylation is 1. The minimum Gasteiger partial charge on any atom is -0.362 e. The number of halogens is 1. The summed E-state index contributed by atoms with van der Waals surface area (Å²) >= 11 is 7.35. The van der Waals surface area contributed by atoms with Crippen LogP contribution >= 0.6 is 22.9 Å². The fourth-order valence-electron chi connectivity index (χ4n) is 2.77. The van der Waals surface area contributed by atoms with Gasteiger partial charge in [-0.25, -0.2) is 0 Å². The smallest absolute Gasteiger partial charge is 0.294 e. The fourth-order valence-corrected chi connectivity index (χ4v) is 3.77. The van der Waals surface area contributed by atoms with Gasteiger partial charge >= 0.3 is 0 Å². The summed E-state index contributed by atoms with van der Waals surface area (Å²) in [5.74, 6) is 0.0263. The number of benzene rings is 1. The molecule has 1 aliphatic rings. The zero-order chi connectivity index (χ0) is 17.3. The lowest BCUT2D eigenvalue weighted by Gasteiger charge is -2.35. The molecule has 1 saturated heterocycles. The van der Waals surface area contributed by atoms with E-state index in [0.29, 0.717) is 36.9 Å². The summed E-state index contributed by atoms with van der Waals surface area (Å²) in [5.41, 5.74) is 0.541. The first kappa shape index (κ1) is 16.7. The fraction of sp³-hybridized carbons (Fsp3) is 0.312. The van der Waals surface area contributed by atoms with Gasteiger partial charge in [0.2, 0.25) is 0 Å². The molecule has 3 rings (SSSR count). The van der Waals surface area contributed by atoms with E-state index < -0.39 is 4.92 Å². The zero-order valence-electron chi connectivity index (χ0n) is 13.1. The Morgan fingerprint density at radius 2 is 1.92 bits per heavy atom. The summed E-state index contributed by atoms with van der Waals surface area (Å²) in [4.78, 5) is 28.8. The third-order valence-electron chi connectivity index (χ3n) is 3.99. The van der Waals surface area contributed by atoms with Crippen LogP contribution in [-0.2, 0) is 0 Å². The predicted molar refractivity (Wildman–Crippen MR) is 95.3 cm³/mol. The van der Waals surface area contributed by atoms with E-state index in [4.69, 9.17) is 11.6 Å². The van der Waals surface area contributed by atoms with Crippen molar-refractivity contribution in [3.63, 3.8) is 0 Å². The highest BCUT2D eigenvalue weighted by Crippen LogP contribution is 2.31. The number of thiophene rings is 1. The van der Waals surface area contributed by atoms with E-state index in [0.717, 1.165) is 9.75 Å². The molecule has 2 heterocycles. The average molecular weight is 366 g/mol. The Labute approximate surface area is 148 Å². The van der Waals surface area contributed by atoms with Crippen molar-refractivity contribution in [3.8, 4) is 0 Å². The summed E-state index contributed by atoms with van der Waals surface area (Å²) in [5, 5.41) is 11.6. The first-order valence-electron chi connectivity index (χ1n) is 7.50. The van der Waals surface area contributed by atoms with Crippen LogP contribution in [0.4, 0.5) is 11.4 Å². The lowest BCUT2D eigenvalue weighted by Crippen LogP contribution is -2.48. The van der Waals surface area contributed by atoms with Gasteiger partial charge in [0.15, 0.2) is 0 Å². The number of nitrogens with zero attached hydrogens (tertiary/aromatic N) is 3. The summed E-state index contributed by atoms with van der Waals surface area (Å²) in [7, 11) is 0. The molecule has 24 heavy (non-hydrogen) atoms. The molecule has 1 aromatic heterocycles. The van der Waals surface area contributed by atoms with Gasteiger partial charge < -0.3 is 9.80 Å². The second kappa shape index (κ2) is 6.78. The minimum absolute atomic E-state index is 0.00356. The molecule has 0 unspecified atom stereocenters. The van der Waals surface area contributed by atoms with Crippen molar-refractivity contribution in [1.29, 1.82) is 0 Å². The van der Waals surface area contributed by atoms with Gasteiger partial charge in [0.25, 0.3) is 11.6 Å². The number of rotatable bonds is 3. The van der Waals surface area contributed by atoms with Crippen LogP contribution in [-0.4, -0.2) is 41.9 Å². The quantitative estimate of drug-likeness (QED) is 0.616. The maximum absolute atomic E-state index is 12.5. The van der Waals surface area contributed by atoms with Crippen LogP contribution in [0.3, 0.4) is 0 Å². The van der Waals surface area contributed by atoms with Gasteiger partial charge in [-0.1, -0.05) is 11.6 Å². The van der Waals surface area contributed by atoms with Crippen molar-refractivity contribution in [3.05, 3.63) is 55.2 Å². The zero-order valence-corrected chi connectivity index (χ0v) is 14.6. The van der Waals surface area contributed by atoms with Crippen LogP contribution < -0.4 is 4.90 Å². The van der Waals surface area contributed by atoms with E-state index in [-0.39, 0.29) is 11.6 Å². The lowest BCUT2D eigenvalue weighted by atomic mass is 10.2. The van der Waals surface area contributed by atoms with Gasteiger partial charge in [0.1, 0.15) is 5.69 Å². The first-order valence-corrected chi connectivity index (χ1v) is 8.70. The topological polar surface area (TPSA) is 66.7 Å². The number of nitro groups is 1. The molecule has 1 aromatic carbocycles. The second-order valence-corrected chi connectivity index (χ2v) is 7.30. The Bertz CT molecular complexity index is 785. The van der Waals surface area contributed by atoms with E-state index >= 15 is 0 Å². The first-order chi connectivity index (χ1) is 11.5. The van der Waals surface area contributed by atoms with Gasteiger partial charge in [-0.15, -0.1) is 11.3 Å². The molecule has 0 N–H and O–H groups in total. The van der Waals surface area contributed by atoms with Crippen LogP contribution in [0.1, 0.15) is 14.5 Å². The number of anilines is 1. The molecule has 1 fully saturated rings. The number of carbonyl (C=O) groups is 1. The van der Waals surface area contributed by atoms with E-state index in [2.05, 4.69) is 0 Å². The molecule has 0 aliphatic carbocycles. The van der Waals surface area contributed by atoms with Crippen LogP contribution in [0.15, 0.2) is 30.3 Å². The summed E-state index contributed by atoms with van der Waals surface area (Å²) < 4.78 is 0. The highest BCUT2D eigenvalue weighted by atomic mass is 35.5. The molecule has 126 valence electrons. The highest BCUT2D eigenvalue weighted by molar-refractivity contribution is 7.13. The van der Waals surface area contributed by atoms with Crippen molar-refractivity contribution >= 4 is 40.2 Å². The molecule has 0 bridgehead atoms. The molecular weight excluding hydrogens is 350 g/mol. The summed E-state index contributed by atoms with van der Waals surface area (Å²) in [6, 6.07) is 8.46. The van der Waals surface area contributed by atoms with Gasteiger partial charge in [-0.2, -0.15) is 0 Å². The molecule has 0 atom stereocenters. The van der Waals surface area contributed by atoms with Gasteiger partial charge in [0.05, 0.1) is 9.80 Å². The average Bonchev–Trinajstić information content (AvgIpc) is 3.01. The third kappa shape index (κ3) is 3.37. The van der Waals surface area contributed by atoms with Crippen LogP contribution in [0.2, 0.25) is 5.02 Å². The van der Waals surface area contributed by atoms with Gasteiger partial charge in [-0.3, -0.25) is 14.9 Å². The Morgan fingerprint density at radius 3 is 2.50 bits per heavy atom. The second-order valence-electron chi connectivity index (χ2n) is 5.58. The van der Waals surface area contributed by atoms with E-state index in [9.17, 15) is 14.9 Å². The molecule has 0 radical (unpaired) electrons. The Kier molecular flexibility index (Phi) is 4.73. The van der Waals surface area contributed by atoms with Crippen LogP contribution in [0.5, 0.6) is 0 Å². The SMILES string of the molecule is Cc1ccc(C(=O)N2CCN(c3ccc(Cl)cc3[N+](=O)[O-])CC2)s1. The molecule has 0 saturated carbocycles. The summed E-state index contributed by atoms with van der Waals surface area (Å²) in [6.45, 7) is 4.15. The Morgan fingerprint density at radius 1 is 1.21 bits per heavy atom. The minimum atomic E-state index is -0.423. The summed E-state index contributed by atoms with van der Waals surface area (Å²) in [6.07, 6.45) is 0. The number of hydrogen-bond acceptors (Lipinski definition) is 5. The van der Waals surface area contributed by atoms with E-state index in [1.54, 1.807) is 17.0 Å². The Hall–Kier alpha value is -2.12.